The molecule has 2 heterocycles. The summed E-state index contributed by atoms with van der Waals surface area (Å²) in [5, 5.41) is 25.0. The van der Waals surface area contributed by atoms with E-state index in [-0.39, 0.29) is 30.6 Å². The van der Waals surface area contributed by atoms with Crippen LogP contribution >= 0.6 is 11.8 Å². The molecular weight excluding hydrogens is 568 g/mol. The maximum absolute atomic E-state index is 11.1. The number of unbranched alkanes of at least 4 members (excludes halogenated alkanes) is 1. The Kier molecular flexibility index (Phi) is 11.1. The molecule has 44 heavy (non-hydrogen) atoms. The molecule has 0 aromatic rings. The number of thioether (sulfide) groups is 1. The zero-order chi connectivity index (χ0) is 31.6. The minimum atomic E-state index is -0.729. The maximum atomic E-state index is 11.1. The molecule has 6 rings (SSSR count). The molecule has 0 aromatic heterocycles. The lowest BCUT2D eigenvalue weighted by atomic mass is 9.47. The number of aliphatic hydroxyl groups is 1. The number of carbonyl (C=O) groups is 2. The average Bonchev–Trinajstić information content (AvgIpc) is 3.63. The molecule has 250 valence electrons. The van der Waals surface area contributed by atoms with Gasteiger partial charge in [-0.15, -0.1) is 0 Å². The normalized spacial score (nSPS) is 41.2. The van der Waals surface area contributed by atoms with Crippen molar-refractivity contribution in [3.05, 3.63) is 11.6 Å². The number of urea groups is 1. The Morgan fingerprint density at radius 2 is 1.82 bits per heavy atom. The van der Waals surface area contributed by atoms with Crippen molar-refractivity contribution >= 4 is 23.8 Å². The standard InChI is InChI=1S/C27H46O.C10H16N2O3S/c1-18(2)7-6-8-19(3)23-11-12-24-22-10-9-20-17-21(28)13-15-26(20,4)25(22)14-16-27(23,24)5;13-8(14)4-2-1-3-7-9-6(5-16-7)11-10(15)12-9/h9,18-19,21-25,28H,6-8,10-17H2,1-5H3;6-7,9H,1-5H2,(H,13,14)(H2,11,12,15)/t19-,21+,22+,23-,24+,25+,26+,27-;6-,7-,9-/m10/s1. The van der Waals surface area contributed by atoms with Gasteiger partial charge in [-0.05, 0) is 111 Å². The molecule has 2 amide bonds. The Morgan fingerprint density at radius 3 is 2.57 bits per heavy atom. The molecule has 2 aliphatic heterocycles. The van der Waals surface area contributed by atoms with Gasteiger partial charge in [0.1, 0.15) is 0 Å². The summed E-state index contributed by atoms with van der Waals surface area (Å²) in [5.74, 6) is 5.69. The highest BCUT2D eigenvalue weighted by Crippen LogP contribution is 2.67. The lowest BCUT2D eigenvalue weighted by Crippen LogP contribution is -2.50. The Morgan fingerprint density at radius 1 is 1.02 bits per heavy atom. The highest BCUT2D eigenvalue weighted by Gasteiger charge is 2.59. The van der Waals surface area contributed by atoms with Gasteiger partial charge in [-0.3, -0.25) is 4.79 Å². The third-order valence-electron chi connectivity index (χ3n) is 13.3. The highest BCUT2D eigenvalue weighted by molar-refractivity contribution is 8.00. The quantitative estimate of drug-likeness (QED) is 0.111. The van der Waals surface area contributed by atoms with Gasteiger partial charge < -0.3 is 20.8 Å². The molecular formula is C37H62N2O4S. The second-order valence-electron chi connectivity index (χ2n) is 16.4. The summed E-state index contributed by atoms with van der Waals surface area (Å²) >= 11 is 1.87. The number of carboxylic acids is 1. The average molecular weight is 631 g/mol. The SMILES string of the molecule is CC(C)CCC[C@@H](C)[C@H]1CC[C@H]2[C@@H]3CC=C4C[C@@H](O)CC[C@]4(C)[C@H]3CC[C@]12C.O=C(O)CCCC[C@@H]1SC[C@@H]2NC(=O)N[C@@H]21. The minimum Gasteiger partial charge on any atom is -0.481 e. The van der Waals surface area contributed by atoms with Crippen LogP contribution in [0.1, 0.15) is 131 Å². The third kappa shape index (κ3) is 7.19. The molecule has 11 atom stereocenters. The second-order valence-corrected chi connectivity index (χ2v) is 17.7. The second kappa shape index (κ2) is 14.3. The lowest BCUT2D eigenvalue weighted by molar-refractivity contribution is -0.137. The van der Waals surface area contributed by atoms with Crippen molar-refractivity contribution < 1.29 is 19.8 Å². The summed E-state index contributed by atoms with van der Waals surface area (Å²) in [4.78, 5) is 21.5. The van der Waals surface area contributed by atoms with E-state index in [4.69, 9.17) is 5.11 Å². The number of rotatable bonds is 10. The fourth-order valence-electron chi connectivity index (χ4n) is 10.9. The summed E-state index contributed by atoms with van der Waals surface area (Å²) in [6.07, 6.45) is 20.0. The third-order valence-corrected chi connectivity index (χ3v) is 14.9. The van der Waals surface area contributed by atoms with Crippen LogP contribution in [0.15, 0.2) is 11.6 Å². The predicted molar refractivity (Wildman–Crippen MR) is 181 cm³/mol. The molecule has 0 aromatic carbocycles. The van der Waals surface area contributed by atoms with Crippen molar-refractivity contribution in [2.45, 2.75) is 154 Å². The number of allylic oxidation sites excluding steroid dienone is 1. The molecule has 3 saturated carbocycles. The van der Waals surface area contributed by atoms with Gasteiger partial charge in [0.05, 0.1) is 18.2 Å². The van der Waals surface area contributed by atoms with Crippen LogP contribution in [0.4, 0.5) is 4.79 Å². The number of aliphatic carboxylic acids is 1. The van der Waals surface area contributed by atoms with Gasteiger partial charge in [-0.1, -0.05) is 72.0 Å². The van der Waals surface area contributed by atoms with E-state index in [1.165, 1.54) is 57.8 Å². The number of amides is 2. The van der Waals surface area contributed by atoms with Crippen molar-refractivity contribution in [1.82, 2.24) is 10.6 Å². The molecule has 6 aliphatic rings. The zero-order valence-corrected chi connectivity index (χ0v) is 29.1. The number of fused-ring (bicyclic) bond motifs is 6. The van der Waals surface area contributed by atoms with Gasteiger partial charge in [-0.2, -0.15) is 11.8 Å². The fourth-order valence-corrected chi connectivity index (χ4v) is 12.5. The fraction of sp³-hybridized carbons (Fsp3) is 0.892. The molecule has 5 fully saturated rings. The minimum absolute atomic E-state index is 0.0640. The molecule has 0 radical (unpaired) electrons. The summed E-state index contributed by atoms with van der Waals surface area (Å²) in [6, 6.07) is 0.440. The first-order valence-electron chi connectivity index (χ1n) is 18.2. The van der Waals surface area contributed by atoms with E-state index in [1.54, 1.807) is 5.57 Å². The van der Waals surface area contributed by atoms with Crippen molar-refractivity contribution in [3.8, 4) is 0 Å². The Balaban J connectivity index is 0.000000204. The summed E-state index contributed by atoms with van der Waals surface area (Å²) < 4.78 is 0. The van der Waals surface area contributed by atoms with E-state index in [2.05, 4.69) is 51.3 Å². The van der Waals surface area contributed by atoms with Crippen LogP contribution in [-0.4, -0.2) is 51.4 Å². The summed E-state index contributed by atoms with van der Waals surface area (Å²) in [6.45, 7) is 12.6. The first-order chi connectivity index (χ1) is 20.9. The molecule has 2 saturated heterocycles. The molecule has 0 spiro atoms. The van der Waals surface area contributed by atoms with Crippen LogP contribution in [0.25, 0.3) is 0 Å². The van der Waals surface area contributed by atoms with Crippen molar-refractivity contribution in [2.75, 3.05) is 5.75 Å². The van der Waals surface area contributed by atoms with E-state index >= 15 is 0 Å². The topological polar surface area (TPSA) is 98.7 Å². The van der Waals surface area contributed by atoms with Crippen LogP contribution in [0.3, 0.4) is 0 Å². The van der Waals surface area contributed by atoms with E-state index in [0.29, 0.717) is 16.1 Å². The monoisotopic (exact) mass is 630 g/mol. The number of hydrogen-bond acceptors (Lipinski definition) is 4. The van der Waals surface area contributed by atoms with Crippen LogP contribution in [0.5, 0.6) is 0 Å². The van der Waals surface area contributed by atoms with Gasteiger partial charge in [0.25, 0.3) is 0 Å². The number of aliphatic hydroxyl groups excluding tert-OH is 1. The maximum Gasteiger partial charge on any atom is 0.315 e. The molecule has 7 heteroatoms. The summed E-state index contributed by atoms with van der Waals surface area (Å²) in [5.41, 5.74) is 2.60. The zero-order valence-electron chi connectivity index (χ0n) is 28.3. The van der Waals surface area contributed by atoms with Gasteiger partial charge in [-0.25, -0.2) is 4.79 Å². The number of nitrogens with one attached hydrogen (secondary N) is 2. The Labute approximate surface area is 271 Å². The van der Waals surface area contributed by atoms with Gasteiger partial charge in [0, 0.05) is 17.4 Å². The highest BCUT2D eigenvalue weighted by atomic mass is 32.2. The first kappa shape index (κ1) is 34.1. The van der Waals surface area contributed by atoms with Crippen LogP contribution in [0, 0.1) is 46.3 Å². The predicted octanol–water partition coefficient (Wildman–Crippen LogP) is 8.19. The van der Waals surface area contributed by atoms with Gasteiger partial charge >= 0.3 is 12.0 Å². The van der Waals surface area contributed by atoms with Crippen LogP contribution < -0.4 is 10.6 Å². The van der Waals surface area contributed by atoms with E-state index in [0.717, 1.165) is 73.4 Å². The van der Waals surface area contributed by atoms with E-state index in [9.17, 15) is 14.7 Å². The molecule has 0 unspecified atom stereocenters. The Bertz CT molecular complexity index is 1050. The molecule has 0 bridgehead atoms. The van der Waals surface area contributed by atoms with E-state index < -0.39 is 5.97 Å². The smallest absolute Gasteiger partial charge is 0.315 e. The number of carbonyl (C=O) groups excluding carboxylic acids is 1. The Hall–Kier alpha value is -1.21. The van der Waals surface area contributed by atoms with Crippen molar-refractivity contribution in [3.63, 3.8) is 0 Å². The van der Waals surface area contributed by atoms with Gasteiger partial charge in [0.2, 0.25) is 0 Å². The molecule has 4 aliphatic carbocycles. The molecule has 6 nitrogen and oxygen atoms in total. The molecule has 4 N–H and O–H groups in total. The van der Waals surface area contributed by atoms with Crippen molar-refractivity contribution in [1.29, 1.82) is 0 Å². The number of carboxylic acid groups (broad SMARTS) is 1. The van der Waals surface area contributed by atoms with Crippen LogP contribution in [0.2, 0.25) is 0 Å². The first-order valence-corrected chi connectivity index (χ1v) is 19.2. The van der Waals surface area contributed by atoms with Crippen LogP contribution in [-0.2, 0) is 4.79 Å². The lowest BCUT2D eigenvalue weighted by Gasteiger charge is -2.58. The largest absolute Gasteiger partial charge is 0.481 e. The number of hydrogen-bond donors (Lipinski definition) is 4. The summed E-state index contributed by atoms with van der Waals surface area (Å²) in [7, 11) is 0. The van der Waals surface area contributed by atoms with Gasteiger partial charge in [0.15, 0.2) is 0 Å². The van der Waals surface area contributed by atoms with E-state index in [1.807, 2.05) is 11.8 Å². The van der Waals surface area contributed by atoms with Crippen molar-refractivity contribution in [2.24, 2.45) is 46.3 Å².